The Kier molecular flexibility index (Phi) is 5.95. The van der Waals surface area contributed by atoms with Gasteiger partial charge in [0, 0.05) is 25.1 Å². The molecule has 0 saturated heterocycles. The van der Waals surface area contributed by atoms with Crippen LogP contribution < -0.4 is 11.1 Å². The van der Waals surface area contributed by atoms with E-state index in [1.54, 1.807) is 12.1 Å². The van der Waals surface area contributed by atoms with Crippen LogP contribution in [0.1, 0.15) is 25.3 Å². The number of nitrogens with zero attached hydrogens (tertiary/aromatic N) is 1. The number of rotatable bonds is 7. The molecular formula is C13H19N3O3. The van der Waals surface area contributed by atoms with E-state index in [0.717, 1.165) is 6.42 Å². The van der Waals surface area contributed by atoms with E-state index in [0.29, 0.717) is 25.1 Å². The second kappa shape index (κ2) is 7.48. The van der Waals surface area contributed by atoms with Gasteiger partial charge in [0.05, 0.1) is 4.92 Å². The number of benzene rings is 1. The molecule has 104 valence electrons. The molecule has 0 fully saturated rings. The Morgan fingerprint density at radius 1 is 1.53 bits per heavy atom. The Morgan fingerprint density at radius 2 is 2.26 bits per heavy atom. The fourth-order valence-corrected chi connectivity index (χ4v) is 1.71. The highest BCUT2D eigenvalue weighted by atomic mass is 16.6. The fourth-order valence-electron chi connectivity index (χ4n) is 1.71. The lowest BCUT2D eigenvalue weighted by molar-refractivity contribution is -0.384. The standard InChI is InChI=1S/C13H19N3O3/c1-2-10(8-14)7-13(17)15-9-11-4-3-5-12(6-11)16(18)19/h3-6,10H,2,7-9,14H2,1H3,(H,15,17). The van der Waals surface area contributed by atoms with Gasteiger partial charge in [-0.1, -0.05) is 25.5 Å². The van der Waals surface area contributed by atoms with Crippen molar-refractivity contribution >= 4 is 11.6 Å². The lowest BCUT2D eigenvalue weighted by Gasteiger charge is -2.11. The largest absolute Gasteiger partial charge is 0.352 e. The number of amides is 1. The van der Waals surface area contributed by atoms with Gasteiger partial charge in [-0.2, -0.15) is 0 Å². The average Bonchev–Trinajstić information content (AvgIpc) is 2.42. The number of carbonyl (C=O) groups is 1. The van der Waals surface area contributed by atoms with E-state index in [9.17, 15) is 14.9 Å². The summed E-state index contributed by atoms with van der Waals surface area (Å²) >= 11 is 0. The minimum Gasteiger partial charge on any atom is -0.352 e. The highest BCUT2D eigenvalue weighted by molar-refractivity contribution is 5.76. The molecule has 1 rings (SSSR count). The molecule has 0 aliphatic rings. The maximum atomic E-state index is 11.7. The Morgan fingerprint density at radius 3 is 2.84 bits per heavy atom. The molecule has 6 heteroatoms. The lowest BCUT2D eigenvalue weighted by atomic mass is 10.0. The first-order valence-electron chi connectivity index (χ1n) is 6.27. The fraction of sp³-hybridized carbons (Fsp3) is 0.462. The van der Waals surface area contributed by atoms with Crippen LogP contribution in [0.25, 0.3) is 0 Å². The number of nitrogens with one attached hydrogen (secondary N) is 1. The van der Waals surface area contributed by atoms with Crippen LogP contribution in [0, 0.1) is 16.0 Å². The third-order valence-electron chi connectivity index (χ3n) is 3.00. The number of hydrogen-bond acceptors (Lipinski definition) is 4. The molecule has 0 aliphatic heterocycles. The van der Waals surface area contributed by atoms with Crippen molar-refractivity contribution in [2.45, 2.75) is 26.3 Å². The smallest absolute Gasteiger partial charge is 0.269 e. The maximum Gasteiger partial charge on any atom is 0.269 e. The summed E-state index contributed by atoms with van der Waals surface area (Å²) in [6.07, 6.45) is 1.25. The molecule has 0 heterocycles. The van der Waals surface area contributed by atoms with Gasteiger partial charge in [0.1, 0.15) is 0 Å². The molecule has 1 atom stereocenters. The third kappa shape index (κ3) is 5.05. The molecule has 1 aromatic rings. The van der Waals surface area contributed by atoms with Crippen molar-refractivity contribution in [3.05, 3.63) is 39.9 Å². The lowest BCUT2D eigenvalue weighted by Crippen LogP contribution is -2.27. The molecule has 6 nitrogen and oxygen atoms in total. The molecule has 0 spiro atoms. The van der Waals surface area contributed by atoms with E-state index in [1.807, 2.05) is 6.92 Å². The Balaban J connectivity index is 2.50. The van der Waals surface area contributed by atoms with Gasteiger partial charge in [0.15, 0.2) is 0 Å². The summed E-state index contributed by atoms with van der Waals surface area (Å²) in [5, 5.41) is 13.4. The topological polar surface area (TPSA) is 98.3 Å². The minimum absolute atomic E-state index is 0.0279. The van der Waals surface area contributed by atoms with Crippen LogP contribution in [0.3, 0.4) is 0 Å². The van der Waals surface area contributed by atoms with E-state index in [1.165, 1.54) is 12.1 Å². The quantitative estimate of drug-likeness (QED) is 0.577. The van der Waals surface area contributed by atoms with Crippen LogP contribution in [0.2, 0.25) is 0 Å². The second-order valence-corrected chi connectivity index (χ2v) is 4.42. The zero-order valence-corrected chi connectivity index (χ0v) is 11.0. The van der Waals surface area contributed by atoms with Crippen molar-refractivity contribution in [1.82, 2.24) is 5.32 Å². The molecule has 0 aliphatic carbocycles. The van der Waals surface area contributed by atoms with E-state index in [-0.39, 0.29) is 17.5 Å². The first kappa shape index (κ1) is 15.1. The molecule has 0 bridgehead atoms. The molecule has 1 aromatic carbocycles. The monoisotopic (exact) mass is 265 g/mol. The summed E-state index contributed by atoms with van der Waals surface area (Å²) in [6, 6.07) is 6.23. The number of non-ortho nitro benzene ring substituents is 1. The summed E-state index contributed by atoms with van der Waals surface area (Å²) in [6.45, 7) is 2.77. The van der Waals surface area contributed by atoms with Gasteiger partial charge in [-0.3, -0.25) is 14.9 Å². The van der Waals surface area contributed by atoms with Crippen LogP contribution in [-0.2, 0) is 11.3 Å². The Hall–Kier alpha value is -1.95. The normalized spacial score (nSPS) is 11.9. The maximum absolute atomic E-state index is 11.7. The van der Waals surface area contributed by atoms with E-state index in [4.69, 9.17) is 5.73 Å². The van der Waals surface area contributed by atoms with E-state index >= 15 is 0 Å². The SMILES string of the molecule is CCC(CN)CC(=O)NCc1cccc([N+](=O)[O-])c1. The third-order valence-corrected chi connectivity index (χ3v) is 3.00. The molecule has 1 amide bonds. The number of hydrogen-bond donors (Lipinski definition) is 2. The average molecular weight is 265 g/mol. The Bertz CT molecular complexity index is 445. The zero-order valence-electron chi connectivity index (χ0n) is 11.0. The molecule has 3 N–H and O–H groups in total. The highest BCUT2D eigenvalue weighted by Crippen LogP contribution is 2.13. The second-order valence-electron chi connectivity index (χ2n) is 4.42. The van der Waals surface area contributed by atoms with Gasteiger partial charge in [-0.05, 0) is 18.0 Å². The summed E-state index contributed by atoms with van der Waals surface area (Å²) in [5.74, 6) is 0.105. The first-order valence-corrected chi connectivity index (χ1v) is 6.27. The molecule has 0 aromatic heterocycles. The van der Waals surface area contributed by atoms with Gasteiger partial charge >= 0.3 is 0 Å². The minimum atomic E-state index is -0.452. The number of nitro groups is 1. The predicted molar refractivity (Wildman–Crippen MR) is 72.4 cm³/mol. The highest BCUT2D eigenvalue weighted by Gasteiger charge is 2.11. The molecule has 1 unspecified atom stereocenters. The van der Waals surface area contributed by atoms with Gasteiger partial charge in [-0.25, -0.2) is 0 Å². The van der Waals surface area contributed by atoms with Crippen molar-refractivity contribution in [3.8, 4) is 0 Å². The summed E-state index contributed by atoms with van der Waals surface area (Å²) < 4.78 is 0. The van der Waals surface area contributed by atoms with Crippen molar-refractivity contribution in [3.63, 3.8) is 0 Å². The van der Waals surface area contributed by atoms with Gasteiger partial charge in [0.2, 0.25) is 5.91 Å². The van der Waals surface area contributed by atoms with Crippen LogP contribution >= 0.6 is 0 Å². The van der Waals surface area contributed by atoms with Crippen LogP contribution in [-0.4, -0.2) is 17.4 Å². The van der Waals surface area contributed by atoms with Gasteiger partial charge < -0.3 is 11.1 Å². The number of nitrogens with two attached hydrogens (primary N) is 1. The van der Waals surface area contributed by atoms with Crippen molar-refractivity contribution in [2.24, 2.45) is 11.7 Å². The van der Waals surface area contributed by atoms with Gasteiger partial charge in [-0.15, -0.1) is 0 Å². The molecule has 0 radical (unpaired) electrons. The summed E-state index contributed by atoms with van der Waals surface area (Å²) in [4.78, 5) is 21.8. The summed E-state index contributed by atoms with van der Waals surface area (Å²) in [7, 11) is 0. The van der Waals surface area contributed by atoms with Crippen molar-refractivity contribution < 1.29 is 9.72 Å². The van der Waals surface area contributed by atoms with Crippen LogP contribution in [0.4, 0.5) is 5.69 Å². The van der Waals surface area contributed by atoms with Crippen LogP contribution in [0.15, 0.2) is 24.3 Å². The van der Waals surface area contributed by atoms with E-state index in [2.05, 4.69) is 5.32 Å². The predicted octanol–water partition coefficient (Wildman–Crippen LogP) is 1.59. The molecular weight excluding hydrogens is 246 g/mol. The van der Waals surface area contributed by atoms with Crippen molar-refractivity contribution in [1.29, 1.82) is 0 Å². The van der Waals surface area contributed by atoms with Crippen LogP contribution in [0.5, 0.6) is 0 Å². The zero-order chi connectivity index (χ0) is 14.3. The summed E-state index contributed by atoms with van der Waals surface area (Å²) in [5.41, 5.74) is 6.28. The van der Waals surface area contributed by atoms with Gasteiger partial charge in [0.25, 0.3) is 5.69 Å². The first-order chi connectivity index (χ1) is 9.06. The molecule has 19 heavy (non-hydrogen) atoms. The van der Waals surface area contributed by atoms with Crippen molar-refractivity contribution in [2.75, 3.05) is 6.54 Å². The number of carbonyl (C=O) groups excluding carboxylic acids is 1. The van der Waals surface area contributed by atoms with E-state index < -0.39 is 4.92 Å². The number of nitro benzene ring substituents is 1. The molecule has 0 saturated carbocycles. The Labute approximate surface area is 112 Å².